The van der Waals surface area contributed by atoms with Crippen molar-refractivity contribution >= 4 is 5.91 Å². The Bertz CT molecular complexity index is 717. The van der Waals surface area contributed by atoms with Crippen molar-refractivity contribution in [1.82, 2.24) is 20.0 Å². The molecule has 2 heterocycles. The van der Waals surface area contributed by atoms with E-state index >= 15 is 0 Å². The van der Waals surface area contributed by atoms with Gasteiger partial charge in [0.1, 0.15) is 11.9 Å². The van der Waals surface area contributed by atoms with Crippen molar-refractivity contribution in [1.29, 1.82) is 0 Å². The minimum Gasteiger partial charge on any atom is -0.489 e. The molecule has 2 aromatic rings. The molecule has 0 radical (unpaired) electrons. The number of hydrogen-bond donors (Lipinski definition) is 1. The van der Waals surface area contributed by atoms with Gasteiger partial charge in [-0.05, 0) is 31.4 Å². The van der Waals surface area contributed by atoms with E-state index in [-0.39, 0.29) is 12.0 Å². The Balaban J connectivity index is 1.44. The maximum atomic E-state index is 12.2. The molecule has 1 N–H and O–H groups in total. The highest BCUT2D eigenvalue weighted by Crippen LogP contribution is 2.26. The summed E-state index contributed by atoms with van der Waals surface area (Å²) >= 11 is 0. The molecular weight excluding hydrogens is 352 g/mol. The first kappa shape index (κ1) is 20.4. The van der Waals surface area contributed by atoms with Gasteiger partial charge in [0.25, 0.3) is 0 Å². The van der Waals surface area contributed by atoms with Gasteiger partial charge in [-0.3, -0.25) is 14.4 Å². The minimum absolute atomic E-state index is 0.115. The zero-order valence-corrected chi connectivity index (χ0v) is 16.8. The van der Waals surface area contributed by atoms with Gasteiger partial charge >= 0.3 is 0 Å². The Kier molecular flexibility index (Phi) is 7.91. The van der Waals surface area contributed by atoms with Gasteiger partial charge < -0.3 is 10.1 Å². The van der Waals surface area contributed by atoms with Crippen LogP contribution >= 0.6 is 0 Å². The number of amides is 1. The number of aromatic nitrogens is 2. The largest absolute Gasteiger partial charge is 0.489 e. The van der Waals surface area contributed by atoms with Gasteiger partial charge in [-0.15, -0.1) is 0 Å². The smallest absolute Gasteiger partial charge is 0.221 e. The number of rotatable bonds is 10. The Labute approximate surface area is 167 Å². The van der Waals surface area contributed by atoms with Gasteiger partial charge in [0.15, 0.2) is 0 Å². The third-order valence-corrected chi connectivity index (χ3v) is 5.10. The Hall–Kier alpha value is -2.34. The van der Waals surface area contributed by atoms with E-state index in [1.807, 2.05) is 23.0 Å². The number of fused-ring (bicyclic) bond motifs is 1. The predicted molar refractivity (Wildman–Crippen MR) is 110 cm³/mol. The molecule has 0 saturated heterocycles. The molecule has 6 nitrogen and oxygen atoms in total. The molecule has 28 heavy (non-hydrogen) atoms. The number of aryl methyl sites for hydroxylation is 1. The lowest BCUT2D eigenvalue weighted by Gasteiger charge is -2.23. The van der Waals surface area contributed by atoms with Gasteiger partial charge in [0.05, 0.1) is 0 Å². The van der Waals surface area contributed by atoms with Crippen LogP contribution in [0.1, 0.15) is 44.6 Å². The fourth-order valence-electron chi connectivity index (χ4n) is 3.56. The number of carbonyl (C=O) groups is 1. The van der Waals surface area contributed by atoms with Crippen LogP contribution in [-0.4, -0.2) is 46.3 Å². The van der Waals surface area contributed by atoms with Gasteiger partial charge in [0, 0.05) is 57.1 Å². The molecule has 1 atom stereocenters. The van der Waals surface area contributed by atoms with E-state index in [1.165, 1.54) is 12.0 Å². The Morgan fingerprint density at radius 2 is 2.14 bits per heavy atom. The van der Waals surface area contributed by atoms with Crippen LogP contribution in [0, 0.1) is 0 Å². The average Bonchev–Trinajstić information content (AvgIpc) is 3.15. The molecule has 1 aromatic heterocycles. The normalized spacial score (nSPS) is 16.8. The number of unbranched alkanes of at least 4 members (excludes halogenated alkanes) is 1. The molecule has 0 fully saturated rings. The highest BCUT2D eigenvalue weighted by atomic mass is 16.5. The molecule has 1 aliphatic heterocycles. The summed E-state index contributed by atoms with van der Waals surface area (Å²) in [6.45, 7) is 6.19. The van der Waals surface area contributed by atoms with Crippen LogP contribution in [0.4, 0.5) is 0 Å². The minimum atomic E-state index is 0.115. The average molecular weight is 385 g/mol. The predicted octanol–water partition coefficient (Wildman–Crippen LogP) is 3.23. The van der Waals surface area contributed by atoms with Gasteiger partial charge in [-0.1, -0.05) is 31.5 Å². The van der Waals surface area contributed by atoms with Crippen molar-refractivity contribution in [2.45, 2.75) is 58.2 Å². The lowest BCUT2D eigenvalue weighted by atomic mass is 10.1. The number of benzene rings is 1. The summed E-state index contributed by atoms with van der Waals surface area (Å²) in [5, 5.41) is 7.20. The SMILES string of the molecule is CCCC[C@@H]1CN(CCC(=O)NCCCn2cccn2)Cc2ccccc2O1. The number of nitrogens with one attached hydrogen (secondary N) is 1. The number of nitrogens with zero attached hydrogens (tertiary/aromatic N) is 3. The van der Waals surface area contributed by atoms with Crippen molar-refractivity contribution in [3.63, 3.8) is 0 Å². The molecule has 0 aliphatic carbocycles. The number of carbonyl (C=O) groups excluding carboxylic acids is 1. The second-order valence-corrected chi connectivity index (χ2v) is 7.45. The fourth-order valence-corrected chi connectivity index (χ4v) is 3.56. The van der Waals surface area contributed by atoms with E-state index in [4.69, 9.17) is 4.74 Å². The third kappa shape index (κ3) is 6.37. The summed E-state index contributed by atoms with van der Waals surface area (Å²) in [4.78, 5) is 14.6. The zero-order chi connectivity index (χ0) is 19.6. The van der Waals surface area contributed by atoms with Crippen molar-refractivity contribution < 1.29 is 9.53 Å². The first-order valence-electron chi connectivity index (χ1n) is 10.5. The van der Waals surface area contributed by atoms with E-state index in [9.17, 15) is 4.79 Å². The van der Waals surface area contributed by atoms with Crippen molar-refractivity contribution in [2.75, 3.05) is 19.6 Å². The highest BCUT2D eigenvalue weighted by Gasteiger charge is 2.22. The van der Waals surface area contributed by atoms with E-state index in [0.717, 1.165) is 51.2 Å². The quantitative estimate of drug-likeness (QED) is 0.639. The summed E-state index contributed by atoms with van der Waals surface area (Å²) in [7, 11) is 0. The first-order chi connectivity index (χ1) is 13.7. The molecule has 1 aliphatic rings. The Morgan fingerprint density at radius 3 is 2.96 bits per heavy atom. The van der Waals surface area contributed by atoms with Crippen LogP contribution in [0.25, 0.3) is 0 Å². The van der Waals surface area contributed by atoms with Crippen LogP contribution in [0.2, 0.25) is 0 Å². The maximum Gasteiger partial charge on any atom is 0.221 e. The van der Waals surface area contributed by atoms with Crippen molar-refractivity contribution in [3.05, 3.63) is 48.3 Å². The second-order valence-electron chi connectivity index (χ2n) is 7.45. The second kappa shape index (κ2) is 10.9. The molecule has 0 bridgehead atoms. The van der Waals surface area contributed by atoms with E-state index in [0.29, 0.717) is 13.0 Å². The van der Waals surface area contributed by atoms with Crippen LogP contribution < -0.4 is 10.1 Å². The highest BCUT2D eigenvalue weighted by molar-refractivity contribution is 5.76. The van der Waals surface area contributed by atoms with Gasteiger partial charge in [-0.2, -0.15) is 5.10 Å². The number of ether oxygens (including phenoxy) is 1. The monoisotopic (exact) mass is 384 g/mol. The molecular formula is C22H32N4O2. The van der Waals surface area contributed by atoms with Crippen LogP contribution in [-0.2, 0) is 17.9 Å². The summed E-state index contributed by atoms with van der Waals surface area (Å²) < 4.78 is 8.15. The van der Waals surface area contributed by atoms with E-state index < -0.39 is 0 Å². The van der Waals surface area contributed by atoms with Crippen LogP contribution in [0.15, 0.2) is 42.7 Å². The topological polar surface area (TPSA) is 59.4 Å². The van der Waals surface area contributed by atoms with E-state index in [1.54, 1.807) is 6.20 Å². The van der Waals surface area contributed by atoms with Gasteiger partial charge in [-0.25, -0.2) is 0 Å². The first-order valence-corrected chi connectivity index (χ1v) is 10.5. The summed E-state index contributed by atoms with van der Waals surface area (Å²) in [5.41, 5.74) is 1.21. The number of para-hydroxylation sites is 1. The van der Waals surface area contributed by atoms with Crippen molar-refractivity contribution in [2.24, 2.45) is 0 Å². The molecule has 152 valence electrons. The zero-order valence-electron chi connectivity index (χ0n) is 16.8. The Morgan fingerprint density at radius 1 is 1.25 bits per heavy atom. The molecule has 1 aromatic carbocycles. The lowest BCUT2D eigenvalue weighted by Crippen LogP contribution is -2.36. The van der Waals surface area contributed by atoms with Crippen molar-refractivity contribution in [3.8, 4) is 5.75 Å². The maximum absolute atomic E-state index is 12.2. The third-order valence-electron chi connectivity index (χ3n) is 5.10. The standard InChI is InChI=1S/C22H32N4O2/c1-2-3-9-20-18-25(17-19-8-4-5-10-21(19)28-20)16-11-22(27)23-12-6-14-26-15-7-13-24-26/h4-5,7-8,10,13,15,20H,2-3,6,9,11-12,14,16-18H2,1H3,(H,23,27)/t20-/m1/s1. The molecule has 3 rings (SSSR count). The molecule has 1 amide bonds. The summed E-state index contributed by atoms with van der Waals surface area (Å²) in [5.74, 6) is 1.11. The molecule has 0 saturated carbocycles. The summed E-state index contributed by atoms with van der Waals surface area (Å²) in [6, 6.07) is 10.2. The molecule has 0 spiro atoms. The van der Waals surface area contributed by atoms with Gasteiger partial charge in [0.2, 0.25) is 5.91 Å². The fraction of sp³-hybridized carbons (Fsp3) is 0.545. The molecule has 0 unspecified atom stereocenters. The van der Waals surface area contributed by atoms with Crippen LogP contribution in [0.5, 0.6) is 5.75 Å². The number of hydrogen-bond acceptors (Lipinski definition) is 4. The summed E-state index contributed by atoms with van der Waals surface area (Å²) in [6.07, 6.45) is 8.70. The molecule has 6 heteroatoms. The van der Waals surface area contributed by atoms with E-state index in [2.05, 4.69) is 40.4 Å². The van der Waals surface area contributed by atoms with Crippen LogP contribution in [0.3, 0.4) is 0 Å². The lowest BCUT2D eigenvalue weighted by molar-refractivity contribution is -0.121.